The molecule has 0 aliphatic carbocycles. The van der Waals surface area contributed by atoms with Crippen molar-refractivity contribution in [1.29, 1.82) is 0 Å². The molecule has 1 unspecified atom stereocenters. The van der Waals surface area contributed by atoms with Crippen molar-refractivity contribution < 1.29 is 18.3 Å². The van der Waals surface area contributed by atoms with Gasteiger partial charge in [-0.05, 0) is 85.7 Å². The molecular weight excluding hydrogens is 498 g/mol. The number of amides is 1. The lowest BCUT2D eigenvalue weighted by atomic mass is 10.0. The minimum absolute atomic E-state index is 0.0621. The number of aryl methyl sites for hydroxylation is 1. The Kier molecular flexibility index (Phi) is 9.17. The fourth-order valence-electron chi connectivity index (χ4n) is 4.84. The number of rotatable bonds is 9. The monoisotopic (exact) mass is 534 g/mol. The summed E-state index contributed by atoms with van der Waals surface area (Å²) in [5.41, 5.74) is 5.17. The number of fused-ring (bicyclic) bond motifs is 1. The Morgan fingerprint density at radius 3 is 2.49 bits per heavy atom. The average molecular weight is 535 g/mol. The molecule has 2 aliphatic heterocycles. The van der Waals surface area contributed by atoms with Crippen molar-refractivity contribution in [1.82, 2.24) is 9.80 Å². The first kappa shape index (κ1) is 28.1. The van der Waals surface area contributed by atoms with E-state index in [1.807, 2.05) is 36.2 Å². The van der Waals surface area contributed by atoms with Crippen LogP contribution in [0, 0.1) is 12.8 Å². The molecule has 0 bridgehead atoms. The number of carbonyl (C=O) groups excluding carboxylic acids is 1. The Morgan fingerprint density at radius 2 is 1.85 bits per heavy atom. The van der Waals surface area contributed by atoms with Crippen molar-refractivity contribution in [3.8, 4) is 5.75 Å². The lowest BCUT2D eigenvalue weighted by molar-refractivity contribution is -0.0498. The van der Waals surface area contributed by atoms with E-state index in [0.717, 1.165) is 60.6 Å². The van der Waals surface area contributed by atoms with Gasteiger partial charge in [-0.3, -0.25) is 4.79 Å². The number of amidine groups is 1. The molecule has 0 saturated heterocycles. The first-order valence-electron chi connectivity index (χ1n) is 13.5. The van der Waals surface area contributed by atoms with Crippen LogP contribution in [0.5, 0.6) is 5.75 Å². The van der Waals surface area contributed by atoms with Crippen LogP contribution in [0.4, 0.5) is 14.5 Å². The van der Waals surface area contributed by atoms with E-state index in [2.05, 4.69) is 52.9 Å². The van der Waals surface area contributed by atoms with Crippen LogP contribution >= 0.6 is 0 Å². The van der Waals surface area contributed by atoms with E-state index in [-0.39, 0.29) is 17.6 Å². The van der Waals surface area contributed by atoms with Gasteiger partial charge in [0.25, 0.3) is 5.91 Å². The van der Waals surface area contributed by atoms with Crippen molar-refractivity contribution in [3.63, 3.8) is 0 Å². The second-order valence-electron chi connectivity index (χ2n) is 9.85. The van der Waals surface area contributed by atoms with E-state index in [1.165, 1.54) is 0 Å². The van der Waals surface area contributed by atoms with Crippen molar-refractivity contribution >= 4 is 23.1 Å². The predicted octanol–water partition coefficient (Wildman–Crippen LogP) is 7.42. The van der Waals surface area contributed by atoms with Crippen LogP contribution in [0.3, 0.4) is 0 Å². The first-order chi connectivity index (χ1) is 18.8. The van der Waals surface area contributed by atoms with Crippen LogP contribution in [0.1, 0.15) is 61.5 Å². The zero-order valence-corrected chi connectivity index (χ0v) is 23.0. The molecule has 1 amide bonds. The molecule has 0 radical (unpaired) electrons. The summed E-state index contributed by atoms with van der Waals surface area (Å²) in [6.45, 7) is 6.89. The van der Waals surface area contributed by atoms with E-state index < -0.39 is 6.61 Å². The molecular formula is C31H36F2N4O2. The number of aliphatic imine (C=N–C) groups is 1. The van der Waals surface area contributed by atoms with E-state index in [9.17, 15) is 13.6 Å². The number of hydrogen-bond acceptors (Lipinski definition) is 5. The summed E-state index contributed by atoms with van der Waals surface area (Å²) in [6, 6.07) is 12.4. The zero-order chi connectivity index (χ0) is 27.9. The highest BCUT2D eigenvalue weighted by molar-refractivity contribution is 6.10. The number of halogens is 2. The van der Waals surface area contributed by atoms with Crippen molar-refractivity contribution in [2.75, 3.05) is 18.4 Å². The molecule has 2 aliphatic rings. The molecule has 6 nitrogen and oxygen atoms in total. The van der Waals surface area contributed by atoms with Crippen molar-refractivity contribution in [2.45, 2.75) is 53.6 Å². The Hall–Kier alpha value is -3.94. The molecule has 0 fully saturated rings. The van der Waals surface area contributed by atoms with Crippen LogP contribution in [-0.4, -0.2) is 41.2 Å². The molecule has 2 heterocycles. The molecule has 4 rings (SSSR count). The molecule has 2 aromatic carbocycles. The maximum atomic E-state index is 13.2. The maximum absolute atomic E-state index is 13.2. The van der Waals surface area contributed by atoms with Crippen molar-refractivity contribution in [2.24, 2.45) is 10.9 Å². The van der Waals surface area contributed by atoms with E-state index >= 15 is 0 Å². The number of ether oxygens (including phenoxy) is 1. The summed E-state index contributed by atoms with van der Waals surface area (Å²) in [5, 5.41) is 3.45. The van der Waals surface area contributed by atoms with E-state index in [0.29, 0.717) is 11.4 Å². The van der Waals surface area contributed by atoms with Gasteiger partial charge in [0.2, 0.25) is 0 Å². The van der Waals surface area contributed by atoms with Crippen molar-refractivity contribution in [3.05, 3.63) is 89.4 Å². The third-order valence-electron chi connectivity index (χ3n) is 6.68. The third-order valence-corrected chi connectivity index (χ3v) is 6.68. The largest absolute Gasteiger partial charge is 0.435 e. The maximum Gasteiger partial charge on any atom is 0.387 e. The summed E-state index contributed by atoms with van der Waals surface area (Å²) < 4.78 is 29.7. The normalized spacial score (nSPS) is 16.6. The summed E-state index contributed by atoms with van der Waals surface area (Å²) in [4.78, 5) is 21.8. The van der Waals surface area contributed by atoms with Crippen LogP contribution in [0.25, 0.3) is 5.70 Å². The Balaban J connectivity index is 1.56. The molecule has 2 aromatic rings. The Labute approximate surface area is 229 Å². The van der Waals surface area contributed by atoms with E-state index in [1.54, 1.807) is 30.5 Å². The molecule has 1 N–H and O–H groups in total. The fraction of sp³-hybridized carbons (Fsp3) is 0.355. The fourth-order valence-corrected chi connectivity index (χ4v) is 4.84. The van der Waals surface area contributed by atoms with Gasteiger partial charge in [-0.25, -0.2) is 4.99 Å². The minimum Gasteiger partial charge on any atom is -0.435 e. The van der Waals surface area contributed by atoms with Crippen LogP contribution in [0.2, 0.25) is 0 Å². The molecule has 8 heteroatoms. The van der Waals surface area contributed by atoms with Gasteiger partial charge in [0.15, 0.2) is 5.84 Å². The number of carbonyl (C=O) groups is 1. The number of benzene rings is 2. The predicted molar refractivity (Wildman–Crippen MR) is 153 cm³/mol. The number of nitrogens with one attached hydrogen (secondary N) is 1. The first-order valence-corrected chi connectivity index (χ1v) is 13.5. The molecule has 1 atom stereocenters. The highest BCUT2D eigenvalue weighted by atomic mass is 19.3. The van der Waals surface area contributed by atoms with Gasteiger partial charge in [0, 0.05) is 42.4 Å². The number of hydrogen-bond donors (Lipinski definition) is 1. The number of anilines is 1. The van der Waals surface area contributed by atoms with Gasteiger partial charge in [-0.15, -0.1) is 0 Å². The number of allylic oxidation sites excluding steroid dienone is 2. The van der Waals surface area contributed by atoms with E-state index in [4.69, 9.17) is 0 Å². The number of nitrogens with zero attached hydrogens (tertiary/aromatic N) is 3. The van der Waals surface area contributed by atoms with Gasteiger partial charge in [0.05, 0.1) is 5.70 Å². The van der Waals surface area contributed by atoms with Gasteiger partial charge < -0.3 is 19.9 Å². The van der Waals surface area contributed by atoms with Crippen LogP contribution in [0.15, 0.2) is 77.7 Å². The molecule has 0 aromatic heterocycles. The van der Waals surface area contributed by atoms with Gasteiger partial charge in [-0.2, -0.15) is 8.78 Å². The second kappa shape index (κ2) is 12.7. The molecule has 0 saturated carbocycles. The zero-order valence-electron chi connectivity index (χ0n) is 23.0. The smallest absolute Gasteiger partial charge is 0.387 e. The summed E-state index contributed by atoms with van der Waals surface area (Å²) in [6.07, 6.45) is 10.6. The SMILES string of the molecule is CCCN(CCC)C(=O)c1ccc(NC2=NC=CN3C2=CCC(C)C=C3c2ccc(OC(F)F)cc2)cc1C. The summed E-state index contributed by atoms with van der Waals surface area (Å²) in [7, 11) is 0. The second-order valence-corrected chi connectivity index (χ2v) is 9.85. The van der Waals surface area contributed by atoms with Crippen LogP contribution < -0.4 is 10.1 Å². The van der Waals surface area contributed by atoms with Gasteiger partial charge in [0.1, 0.15) is 5.75 Å². The number of alkyl halides is 2. The quantitative estimate of drug-likeness (QED) is 0.364. The Bertz CT molecular complexity index is 1290. The minimum atomic E-state index is -2.86. The molecule has 39 heavy (non-hydrogen) atoms. The highest BCUT2D eigenvalue weighted by Crippen LogP contribution is 2.33. The summed E-state index contributed by atoms with van der Waals surface area (Å²) in [5.74, 6) is 1.13. The molecule has 206 valence electrons. The molecule has 0 spiro atoms. The Morgan fingerprint density at radius 1 is 1.13 bits per heavy atom. The van der Waals surface area contributed by atoms with Gasteiger partial charge in [-0.1, -0.05) is 32.9 Å². The van der Waals surface area contributed by atoms with Gasteiger partial charge >= 0.3 is 6.61 Å². The standard InChI is InChI=1S/C31H36F2N4O2/c1-5-16-36(17-6-2)30(38)26-13-10-24(20-22(26)4)35-29-27-14-7-21(3)19-28(37(27)18-15-34-29)23-8-11-25(12-9-23)39-31(32)33/h8-15,18-21,31H,5-7,16-17H2,1-4H3,(H,34,35). The lowest BCUT2D eigenvalue weighted by Gasteiger charge is -2.29. The summed E-state index contributed by atoms with van der Waals surface area (Å²) >= 11 is 0. The van der Waals surface area contributed by atoms with Crippen LogP contribution in [-0.2, 0) is 0 Å². The average Bonchev–Trinajstić information content (AvgIpc) is 3.08. The highest BCUT2D eigenvalue weighted by Gasteiger charge is 2.25. The third kappa shape index (κ3) is 6.74. The topological polar surface area (TPSA) is 57.2 Å². The lowest BCUT2D eigenvalue weighted by Crippen LogP contribution is -2.33.